The Bertz CT molecular complexity index is 823. The van der Waals surface area contributed by atoms with Gasteiger partial charge in [-0.25, -0.2) is 9.18 Å². The van der Waals surface area contributed by atoms with Gasteiger partial charge < -0.3 is 10.0 Å². The molecule has 1 saturated carbocycles. The van der Waals surface area contributed by atoms with E-state index >= 15 is 0 Å². The number of benzene rings is 1. The fourth-order valence-electron chi connectivity index (χ4n) is 3.75. The Morgan fingerprint density at radius 1 is 1.19 bits per heavy atom. The molecule has 1 aliphatic heterocycles. The summed E-state index contributed by atoms with van der Waals surface area (Å²) in [6.45, 7) is 4.97. The predicted octanol–water partition coefficient (Wildman–Crippen LogP) is 3.72. The van der Waals surface area contributed by atoms with Gasteiger partial charge in [0.1, 0.15) is 15.8 Å². The fourth-order valence-corrected chi connectivity index (χ4v) is 4.92. The molecule has 144 valence electrons. The second-order valence-electron chi connectivity index (χ2n) is 7.54. The minimum Gasteiger partial charge on any atom is -0.465 e. The molecule has 1 aromatic heterocycles. The first-order valence-corrected chi connectivity index (χ1v) is 10.1. The molecule has 2 aliphatic rings. The van der Waals surface area contributed by atoms with E-state index in [1.54, 1.807) is 23.5 Å². The smallest absolute Gasteiger partial charge is 0.407 e. The highest BCUT2D eigenvalue weighted by atomic mass is 32.1. The molecule has 1 amide bonds. The van der Waals surface area contributed by atoms with E-state index in [4.69, 9.17) is 0 Å². The third-order valence-electron chi connectivity index (χ3n) is 5.41. The number of aromatic nitrogens is 2. The lowest BCUT2D eigenvalue weighted by Gasteiger charge is -2.45. The quantitative estimate of drug-likeness (QED) is 0.862. The number of hydrogen-bond acceptors (Lipinski definition) is 5. The monoisotopic (exact) mass is 390 g/mol. The van der Waals surface area contributed by atoms with E-state index in [0.29, 0.717) is 19.0 Å². The van der Waals surface area contributed by atoms with E-state index in [1.807, 2.05) is 13.8 Å². The molecular formula is C19H23FN4O2S. The number of amides is 1. The van der Waals surface area contributed by atoms with Crippen LogP contribution in [0, 0.1) is 5.82 Å². The van der Waals surface area contributed by atoms with E-state index < -0.39 is 6.09 Å². The molecular weight excluding hydrogens is 367 g/mol. The summed E-state index contributed by atoms with van der Waals surface area (Å²) in [6.07, 6.45) is 1.44. The Morgan fingerprint density at radius 2 is 1.89 bits per heavy atom. The molecule has 1 N–H and O–H groups in total. The van der Waals surface area contributed by atoms with Crippen LogP contribution < -0.4 is 0 Å². The second-order valence-corrected chi connectivity index (χ2v) is 8.58. The molecule has 6 nitrogen and oxygen atoms in total. The fraction of sp³-hybridized carbons (Fsp3) is 0.526. The number of halogens is 1. The normalized spacial score (nSPS) is 24.8. The Morgan fingerprint density at radius 3 is 2.52 bits per heavy atom. The van der Waals surface area contributed by atoms with Crippen molar-refractivity contribution >= 4 is 17.4 Å². The lowest BCUT2D eigenvalue weighted by molar-refractivity contribution is 0.0278. The Balaban J connectivity index is 1.68. The van der Waals surface area contributed by atoms with Crippen LogP contribution in [0.5, 0.6) is 0 Å². The van der Waals surface area contributed by atoms with Crippen LogP contribution in [-0.2, 0) is 0 Å². The van der Waals surface area contributed by atoms with Crippen molar-refractivity contribution in [1.29, 1.82) is 0 Å². The van der Waals surface area contributed by atoms with Gasteiger partial charge in [-0.3, -0.25) is 4.90 Å². The third kappa shape index (κ3) is 3.68. The average molecular weight is 390 g/mol. The summed E-state index contributed by atoms with van der Waals surface area (Å²) in [5, 5.41) is 20.3. The van der Waals surface area contributed by atoms with E-state index in [-0.39, 0.29) is 23.9 Å². The first kappa shape index (κ1) is 18.3. The van der Waals surface area contributed by atoms with Gasteiger partial charge in [-0.15, -0.1) is 10.2 Å². The Labute approximate surface area is 161 Å². The van der Waals surface area contributed by atoms with Gasteiger partial charge in [-0.2, -0.15) is 0 Å². The highest BCUT2D eigenvalue weighted by Crippen LogP contribution is 2.43. The summed E-state index contributed by atoms with van der Waals surface area (Å²) in [5.41, 5.74) is 0.956. The lowest BCUT2D eigenvalue weighted by Crippen LogP contribution is -2.58. The van der Waals surface area contributed by atoms with Crippen LogP contribution in [0.2, 0.25) is 0 Å². The van der Waals surface area contributed by atoms with Crippen molar-refractivity contribution in [2.24, 2.45) is 0 Å². The molecule has 0 spiro atoms. The van der Waals surface area contributed by atoms with Crippen molar-refractivity contribution < 1.29 is 14.3 Å². The molecule has 1 aromatic carbocycles. The molecule has 1 aliphatic carbocycles. The largest absolute Gasteiger partial charge is 0.465 e. The number of piperazine rings is 1. The maximum absolute atomic E-state index is 13.5. The number of rotatable bonds is 4. The maximum atomic E-state index is 13.5. The molecule has 2 aromatic rings. The maximum Gasteiger partial charge on any atom is 0.407 e. The predicted molar refractivity (Wildman–Crippen MR) is 100 cm³/mol. The standard InChI is InChI=1S/C19H23FN4O2S/c1-11-10-24(19(25)26)12(2)9-23(11)16(13-5-7-15(20)8-6-13)18-22-21-17(27-18)14-3-4-14/h5-8,11-12,14,16H,3-4,9-10H2,1-2H3,(H,25,26)/t11-,12+,16?/m1/s1. The zero-order valence-corrected chi connectivity index (χ0v) is 16.2. The first-order valence-electron chi connectivity index (χ1n) is 9.28. The van der Waals surface area contributed by atoms with Gasteiger partial charge in [0.05, 0.1) is 6.04 Å². The van der Waals surface area contributed by atoms with Crippen LogP contribution >= 0.6 is 11.3 Å². The van der Waals surface area contributed by atoms with Crippen molar-refractivity contribution in [3.63, 3.8) is 0 Å². The number of hydrogen-bond donors (Lipinski definition) is 1. The van der Waals surface area contributed by atoms with E-state index in [0.717, 1.165) is 15.6 Å². The molecule has 2 heterocycles. The molecule has 0 bridgehead atoms. The van der Waals surface area contributed by atoms with Crippen molar-refractivity contribution in [2.45, 2.75) is 50.7 Å². The topological polar surface area (TPSA) is 69.6 Å². The third-order valence-corrected chi connectivity index (χ3v) is 6.55. The molecule has 1 unspecified atom stereocenters. The summed E-state index contributed by atoms with van der Waals surface area (Å²) >= 11 is 1.63. The van der Waals surface area contributed by atoms with Crippen molar-refractivity contribution in [1.82, 2.24) is 20.0 Å². The first-order chi connectivity index (χ1) is 12.9. The van der Waals surface area contributed by atoms with Gasteiger partial charge in [0.2, 0.25) is 0 Å². The molecule has 3 atom stereocenters. The summed E-state index contributed by atoms with van der Waals surface area (Å²) < 4.78 is 13.5. The lowest BCUT2D eigenvalue weighted by atomic mass is 10.00. The highest BCUT2D eigenvalue weighted by Gasteiger charge is 2.38. The summed E-state index contributed by atoms with van der Waals surface area (Å²) in [6, 6.07) is 6.25. The highest BCUT2D eigenvalue weighted by molar-refractivity contribution is 7.11. The average Bonchev–Trinajstić information content (AvgIpc) is 3.38. The van der Waals surface area contributed by atoms with Crippen molar-refractivity contribution in [3.05, 3.63) is 45.7 Å². The van der Waals surface area contributed by atoms with Gasteiger partial charge in [0, 0.05) is 31.1 Å². The zero-order valence-electron chi connectivity index (χ0n) is 15.4. The summed E-state index contributed by atoms with van der Waals surface area (Å²) in [7, 11) is 0. The van der Waals surface area contributed by atoms with Crippen molar-refractivity contribution in [2.75, 3.05) is 13.1 Å². The SMILES string of the molecule is C[C@@H]1CN(C(=O)O)[C@@H](C)CN1C(c1ccc(F)cc1)c1nnc(C2CC2)s1. The van der Waals surface area contributed by atoms with E-state index in [2.05, 4.69) is 15.1 Å². The van der Waals surface area contributed by atoms with Gasteiger partial charge in [0.25, 0.3) is 0 Å². The van der Waals surface area contributed by atoms with Crippen LogP contribution in [0.15, 0.2) is 24.3 Å². The van der Waals surface area contributed by atoms with Gasteiger partial charge in [-0.1, -0.05) is 23.5 Å². The van der Waals surface area contributed by atoms with Gasteiger partial charge in [-0.05, 0) is 44.4 Å². The van der Waals surface area contributed by atoms with Crippen LogP contribution in [0.25, 0.3) is 0 Å². The molecule has 8 heteroatoms. The summed E-state index contributed by atoms with van der Waals surface area (Å²) in [5.74, 6) is 0.260. The number of carboxylic acid groups (broad SMARTS) is 1. The zero-order chi connectivity index (χ0) is 19.1. The molecule has 27 heavy (non-hydrogen) atoms. The van der Waals surface area contributed by atoms with Crippen LogP contribution in [-0.4, -0.2) is 56.4 Å². The molecule has 2 fully saturated rings. The molecule has 1 saturated heterocycles. The van der Waals surface area contributed by atoms with Crippen molar-refractivity contribution in [3.8, 4) is 0 Å². The molecule has 0 radical (unpaired) electrons. The van der Waals surface area contributed by atoms with Gasteiger partial charge in [0.15, 0.2) is 0 Å². The minimum atomic E-state index is -0.890. The minimum absolute atomic E-state index is 0.0145. The van der Waals surface area contributed by atoms with E-state index in [9.17, 15) is 14.3 Å². The number of carbonyl (C=O) groups is 1. The van der Waals surface area contributed by atoms with Crippen LogP contribution in [0.4, 0.5) is 9.18 Å². The van der Waals surface area contributed by atoms with Crippen LogP contribution in [0.1, 0.15) is 54.2 Å². The Hall–Kier alpha value is -2.06. The molecule has 4 rings (SSSR count). The Kier molecular flexibility index (Phi) is 4.86. The summed E-state index contributed by atoms with van der Waals surface area (Å²) in [4.78, 5) is 15.3. The van der Waals surface area contributed by atoms with Crippen LogP contribution in [0.3, 0.4) is 0 Å². The second kappa shape index (κ2) is 7.16. The van der Waals surface area contributed by atoms with E-state index in [1.165, 1.54) is 29.9 Å². The van der Waals surface area contributed by atoms with Gasteiger partial charge >= 0.3 is 6.09 Å². The number of nitrogens with zero attached hydrogens (tertiary/aromatic N) is 4.